The van der Waals surface area contributed by atoms with E-state index in [0.29, 0.717) is 17.9 Å². The molecule has 1 aromatic carbocycles. The molecule has 2 amide bonds. The summed E-state index contributed by atoms with van der Waals surface area (Å²) in [4.78, 5) is 24.6. The van der Waals surface area contributed by atoms with Crippen LogP contribution in [0.2, 0.25) is 0 Å². The summed E-state index contributed by atoms with van der Waals surface area (Å²) in [5.74, 6) is -0.147. The summed E-state index contributed by atoms with van der Waals surface area (Å²) in [5, 5.41) is 15.6. The fourth-order valence-corrected chi connectivity index (χ4v) is 2.90. The van der Waals surface area contributed by atoms with Gasteiger partial charge in [-0.1, -0.05) is 6.07 Å². The number of fused-ring (bicyclic) bond motifs is 1. The number of phenolic OH excluding ortho intramolecular Hbond substituents is 1. The Hall–Kier alpha value is -2.96. The molecule has 138 valence electrons. The van der Waals surface area contributed by atoms with Gasteiger partial charge in [0.05, 0.1) is 18.4 Å². The van der Waals surface area contributed by atoms with E-state index in [9.17, 15) is 14.7 Å². The number of carbonyl (C=O) groups excluding carboxylic acids is 2. The fourth-order valence-electron chi connectivity index (χ4n) is 2.90. The average molecular weight is 358 g/mol. The van der Waals surface area contributed by atoms with Crippen LogP contribution in [0.4, 0.5) is 0 Å². The Balaban J connectivity index is 1.64. The van der Waals surface area contributed by atoms with Crippen LogP contribution in [0.1, 0.15) is 42.5 Å². The van der Waals surface area contributed by atoms with Gasteiger partial charge in [-0.05, 0) is 39.0 Å². The molecule has 2 aromatic rings. The molecule has 0 saturated carbocycles. The summed E-state index contributed by atoms with van der Waals surface area (Å²) in [6.45, 7) is 5.63. The number of ether oxygens (including phenoxy) is 1. The molecule has 0 unspecified atom stereocenters. The Morgan fingerprint density at radius 1 is 1.31 bits per heavy atom. The highest BCUT2D eigenvalue weighted by atomic mass is 16.5. The molecule has 1 atom stereocenters. The summed E-state index contributed by atoms with van der Waals surface area (Å²) in [6.07, 6.45) is 2.18. The number of hydrogen-bond donors (Lipinski definition) is 3. The predicted octanol–water partition coefficient (Wildman–Crippen LogP) is 2.13. The third kappa shape index (κ3) is 3.66. The van der Waals surface area contributed by atoms with Crippen molar-refractivity contribution >= 4 is 11.8 Å². The van der Waals surface area contributed by atoms with Gasteiger partial charge in [0.1, 0.15) is 17.4 Å². The minimum atomic E-state index is -0.775. The highest BCUT2D eigenvalue weighted by Crippen LogP contribution is 2.43. The number of rotatable bonds is 5. The lowest BCUT2D eigenvalue weighted by atomic mass is 10.00. The van der Waals surface area contributed by atoms with E-state index < -0.39 is 17.6 Å². The zero-order chi connectivity index (χ0) is 18.9. The Bertz CT molecular complexity index is 827. The number of carbonyl (C=O) groups is 2. The second-order valence-electron chi connectivity index (χ2n) is 6.98. The minimum absolute atomic E-state index is 0.0761. The molecule has 7 heteroatoms. The monoisotopic (exact) mass is 358 g/mol. The first kappa shape index (κ1) is 17.8. The van der Waals surface area contributed by atoms with Gasteiger partial charge in [-0.15, -0.1) is 0 Å². The molecule has 0 saturated heterocycles. The molecular weight excluding hydrogens is 336 g/mol. The maximum absolute atomic E-state index is 12.4. The van der Waals surface area contributed by atoms with E-state index in [1.807, 2.05) is 13.8 Å². The molecule has 1 aliphatic rings. The number of aromatic hydroxyl groups is 1. The number of benzene rings is 1. The van der Waals surface area contributed by atoms with E-state index in [2.05, 4.69) is 10.6 Å². The van der Waals surface area contributed by atoms with E-state index in [4.69, 9.17) is 9.15 Å². The van der Waals surface area contributed by atoms with Gasteiger partial charge in [0, 0.05) is 12.0 Å². The van der Waals surface area contributed by atoms with Crippen LogP contribution >= 0.6 is 0 Å². The lowest BCUT2D eigenvalue weighted by Gasteiger charge is -2.18. The van der Waals surface area contributed by atoms with Gasteiger partial charge in [-0.3, -0.25) is 9.59 Å². The Kier molecular flexibility index (Phi) is 4.63. The summed E-state index contributed by atoms with van der Waals surface area (Å²) in [5.41, 5.74) is 0.508. The summed E-state index contributed by atoms with van der Waals surface area (Å²) >= 11 is 0. The molecule has 1 aliphatic heterocycles. The third-order valence-corrected chi connectivity index (χ3v) is 4.21. The lowest BCUT2D eigenvalue weighted by molar-refractivity contribution is -0.122. The van der Waals surface area contributed by atoms with E-state index >= 15 is 0 Å². The first-order chi connectivity index (χ1) is 12.3. The number of amides is 2. The zero-order valence-electron chi connectivity index (χ0n) is 15.0. The van der Waals surface area contributed by atoms with Gasteiger partial charge in [0.2, 0.25) is 5.91 Å². The van der Waals surface area contributed by atoms with Crippen molar-refractivity contribution in [2.24, 2.45) is 0 Å². The van der Waals surface area contributed by atoms with Crippen LogP contribution in [-0.2, 0) is 17.8 Å². The van der Waals surface area contributed by atoms with Crippen molar-refractivity contribution < 1.29 is 23.8 Å². The van der Waals surface area contributed by atoms with Crippen LogP contribution in [0, 0.1) is 0 Å². The van der Waals surface area contributed by atoms with Crippen molar-refractivity contribution in [2.75, 3.05) is 0 Å². The van der Waals surface area contributed by atoms with Crippen LogP contribution in [0.3, 0.4) is 0 Å². The van der Waals surface area contributed by atoms with Crippen molar-refractivity contribution in [1.29, 1.82) is 0 Å². The summed E-state index contributed by atoms with van der Waals surface area (Å²) < 4.78 is 10.9. The van der Waals surface area contributed by atoms with E-state index in [0.717, 1.165) is 5.56 Å². The average Bonchev–Trinajstić information content (AvgIpc) is 3.19. The van der Waals surface area contributed by atoms with Gasteiger partial charge in [0.15, 0.2) is 11.5 Å². The molecule has 0 aliphatic carbocycles. The Morgan fingerprint density at radius 3 is 2.77 bits per heavy atom. The molecule has 26 heavy (non-hydrogen) atoms. The topological polar surface area (TPSA) is 101 Å². The van der Waals surface area contributed by atoms with Gasteiger partial charge >= 0.3 is 0 Å². The Labute approximate surface area is 151 Å². The number of nitrogens with one attached hydrogen (secondary N) is 2. The molecule has 0 fully saturated rings. The molecule has 3 N–H and O–H groups in total. The smallest absolute Gasteiger partial charge is 0.255 e. The van der Waals surface area contributed by atoms with Crippen LogP contribution in [0.5, 0.6) is 11.5 Å². The minimum Gasteiger partial charge on any atom is -0.504 e. The molecule has 0 radical (unpaired) electrons. The van der Waals surface area contributed by atoms with Gasteiger partial charge in [-0.25, -0.2) is 0 Å². The predicted molar refractivity (Wildman–Crippen MR) is 94.0 cm³/mol. The number of furan rings is 1. The number of hydrogen-bond acceptors (Lipinski definition) is 5. The highest BCUT2D eigenvalue weighted by Gasteiger charge is 2.34. The molecule has 0 bridgehead atoms. The molecule has 3 rings (SSSR count). The summed E-state index contributed by atoms with van der Waals surface area (Å²) in [6, 6.07) is 6.00. The highest BCUT2D eigenvalue weighted by molar-refractivity contribution is 6.00. The van der Waals surface area contributed by atoms with E-state index in [1.54, 1.807) is 31.2 Å². The van der Waals surface area contributed by atoms with Crippen molar-refractivity contribution in [3.8, 4) is 11.5 Å². The van der Waals surface area contributed by atoms with Crippen LogP contribution in [-0.4, -0.2) is 28.6 Å². The van der Waals surface area contributed by atoms with Crippen molar-refractivity contribution in [2.45, 2.75) is 45.4 Å². The normalized spacial score (nSPS) is 15.7. The first-order valence-electron chi connectivity index (χ1n) is 8.41. The second kappa shape index (κ2) is 6.74. The molecule has 2 heterocycles. The quantitative estimate of drug-likeness (QED) is 0.760. The second-order valence-corrected chi connectivity index (χ2v) is 6.98. The third-order valence-electron chi connectivity index (χ3n) is 4.21. The van der Waals surface area contributed by atoms with Crippen LogP contribution in [0.15, 0.2) is 34.9 Å². The van der Waals surface area contributed by atoms with Crippen molar-refractivity contribution in [3.63, 3.8) is 0 Å². The molecule has 0 spiro atoms. The standard InChI is InChI=1S/C19H22N2O5/c1-11(17(23)20-10-13-5-4-8-25-13)21-18(24)14-7-6-12-9-19(2,3)26-16(12)15(14)22/h4-8,11,22H,9-10H2,1-3H3,(H,20,23)(H,21,24)/t11-/m0/s1. The molecular formula is C19H22N2O5. The van der Waals surface area contributed by atoms with Crippen LogP contribution in [0.25, 0.3) is 0 Å². The maximum atomic E-state index is 12.4. The summed E-state index contributed by atoms with van der Waals surface area (Å²) in [7, 11) is 0. The van der Waals surface area contributed by atoms with E-state index in [-0.39, 0.29) is 23.8 Å². The van der Waals surface area contributed by atoms with Crippen LogP contribution < -0.4 is 15.4 Å². The van der Waals surface area contributed by atoms with Gasteiger partial charge < -0.3 is 24.9 Å². The fraction of sp³-hybridized carbons (Fsp3) is 0.368. The SMILES string of the molecule is C[C@H](NC(=O)c1ccc2c(c1O)OC(C)(C)C2)C(=O)NCc1ccco1. The molecule has 1 aromatic heterocycles. The van der Waals surface area contributed by atoms with Gasteiger partial charge in [0.25, 0.3) is 5.91 Å². The zero-order valence-corrected chi connectivity index (χ0v) is 15.0. The van der Waals surface area contributed by atoms with E-state index in [1.165, 1.54) is 6.26 Å². The van der Waals surface area contributed by atoms with Crippen molar-refractivity contribution in [1.82, 2.24) is 10.6 Å². The maximum Gasteiger partial charge on any atom is 0.255 e. The largest absolute Gasteiger partial charge is 0.504 e. The molecule has 7 nitrogen and oxygen atoms in total. The van der Waals surface area contributed by atoms with Crippen molar-refractivity contribution in [3.05, 3.63) is 47.4 Å². The first-order valence-corrected chi connectivity index (χ1v) is 8.41. The van der Waals surface area contributed by atoms with Gasteiger partial charge in [-0.2, -0.15) is 0 Å². The number of phenols is 1. The Morgan fingerprint density at radius 2 is 2.08 bits per heavy atom. The lowest BCUT2D eigenvalue weighted by Crippen LogP contribution is -2.44.